The third-order valence-electron chi connectivity index (χ3n) is 2.23. The van der Waals surface area contributed by atoms with Crippen LogP contribution in [0.15, 0.2) is 0 Å². The van der Waals surface area contributed by atoms with Crippen LogP contribution in [0.2, 0.25) is 0 Å². The van der Waals surface area contributed by atoms with E-state index < -0.39 is 42.4 Å². The largest absolute Gasteiger partial charge is 1.00 e. The number of carboxylic acids is 2. The van der Waals surface area contributed by atoms with E-state index in [-0.39, 0.29) is 121 Å². The van der Waals surface area contributed by atoms with E-state index in [1.807, 2.05) is 5.32 Å². The number of aliphatic carboxylic acids is 2. The number of carboxylic acid groups (broad SMARTS) is 2. The Kier molecular flexibility index (Phi) is 20.5. The summed E-state index contributed by atoms with van der Waals surface area (Å²) in [6.07, 6.45) is -0.360. The molecule has 2 unspecified atom stereocenters. The number of rotatable bonds is 9. The van der Waals surface area contributed by atoms with Crippen LogP contribution in [0.25, 0.3) is 0 Å². The summed E-state index contributed by atoms with van der Waals surface area (Å²) in [5.41, 5.74) is 5.16. The van der Waals surface area contributed by atoms with E-state index in [4.69, 9.17) is 5.73 Å². The van der Waals surface area contributed by atoms with Crippen molar-refractivity contribution in [1.29, 1.82) is 0 Å². The number of carbonyl (C=O) groups excluding carboxylic acids is 4. The molecule has 0 bridgehead atoms. The molecule has 0 fully saturated rings. The molecular weight excluding hydrogens is 368 g/mol. The number of hydrogen-bond acceptors (Lipinski definition) is 8. The first kappa shape index (κ1) is 28.3. The Morgan fingerprint density at radius 2 is 1.68 bits per heavy atom. The van der Waals surface area contributed by atoms with Gasteiger partial charge in [0.2, 0.25) is 11.8 Å². The molecule has 0 rings (SSSR count). The standard InChI is InChI=1S/C10H17N3O6S.2K/c11-5(10(18)19)1-2-7(14)13-6(4-20)9(17)12-3-8(15)16;;/h5-6,20H,1-4,11H2,(H,12,17)(H,13,14)(H,15,16)(H,18,19);;/q;2*+1/p-2. The van der Waals surface area contributed by atoms with Crippen molar-refractivity contribution in [3.05, 3.63) is 0 Å². The van der Waals surface area contributed by atoms with Crippen molar-refractivity contribution in [3.63, 3.8) is 0 Å². The number of carbonyl (C=O) groups is 4. The van der Waals surface area contributed by atoms with E-state index in [0.717, 1.165) is 0 Å². The summed E-state index contributed by atoms with van der Waals surface area (Å²) in [6, 6.07) is -2.31. The molecule has 0 aromatic carbocycles. The second kappa shape index (κ2) is 16.0. The van der Waals surface area contributed by atoms with Gasteiger partial charge in [-0.1, -0.05) is 0 Å². The van der Waals surface area contributed by atoms with Crippen molar-refractivity contribution < 1.29 is 132 Å². The summed E-state index contributed by atoms with van der Waals surface area (Å²) in [6.45, 7) is -0.686. The van der Waals surface area contributed by atoms with E-state index in [9.17, 15) is 29.4 Å². The summed E-state index contributed by atoms with van der Waals surface area (Å²) in [5.74, 6) is -4.35. The zero-order chi connectivity index (χ0) is 15.7. The molecule has 9 nitrogen and oxygen atoms in total. The SMILES string of the molecule is NC(CCC(=O)NC(CS)C(=O)NCC(=O)[O-])C(=O)[O-].[K+].[K+]. The zero-order valence-corrected chi connectivity index (χ0v) is 19.6. The van der Waals surface area contributed by atoms with Gasteiger partial charge in [-0.3, -0.25) is 9.59 Å². The van der Waals surface area contributed by atoms with Crippen LogP contribution >= 0.6 is 12.6 Å². The molecule has 12 heteroatoms. The maximum absolute atomic E-state index is 11.5. The fourth-order valence-corrected chi connectivity index (χ4v) is 1.40. The van der Waals surface area contributed by atoms with Crippen molar-refractivity contribution in [2.45, 2.75) is 24.9 Å². The van der Waals surface area contributed by atoms with Crippen molar-refractivity contribution in [2.24, 2.45) is 5.73 Å². The Balaban J connectivity index is -0.00000180. The predicted octanol–water partition coefficient (Wildman–Crippen LogP) is -10.9. The molecule has 2 atom stereocenters. The first-order chi connectivity index (χ1) is 9.27. The molecule has 0 radical (unpaired) electrons. The van der Waals surface area contributed by atoms with Crippen molar-refractivity contribution >= 4 is 36.4 Å². The zero-order valence-electron chi connectivity index (χ0n) is 12.5. The summed E-state index contributed by atoms with van der Waals surface area (Å²) in [4.78, 5) is 43.4. The number of amides is 2. The average molecular weight is 384 g/mol. The smallest absolute Gasteiger partial charge is 0.548 e. The summed E-state index contributed by atoms with van der Waals surface area (Å²) < 4.78 is 0. The Morgan fingerprint density at radius 3 is 2.09 bits per heavy atom. The van der Waals surface area contributed by atoms with Gasteiger partial charge in [0.15, 0.2) is 0 Å². The fourth-order valence-electron chi connectivity index (χ4n) is 1.15. The Hall–Kier alpha value is 1.46. The first-order valence-electron chi connectivity index (χ1n) is 5.62. The Morgan fingerprint density at radius 1 is 1.14 bits per heavy atom. The third kappa shape index (κ3) is 13.9. The van der Waals surface area contributed by atoms with Gasteiger partial charge in [0, 0.05) is 18.2 Å². The van der Waals surface area contributed by atoms with E-state index in [1.165, 1.54) is 0 Å². The Bertz CT molecular complexity index is 399. The summed E-state index contributed by atoms with van der Waals surface area (Å²) in [5, 5.41) is 24.8. The van der Waals surface area contributed by atoms with Gasteiger partial charge in [0.1, 0.15) is 6.04 Å². The van der Waals surface area contributed by atoms with Crippen LogP contribution in [-0.2, 0) is 19.2 Å². The molecule has 0 saturated heterocycles. The fraction of sp³-hybridized carbons (Fsp3) is 0.600. The van der Waals surface area contributed by atoms with Crippen LogP contribution in [0.1, 0.15) is 12.8 Å². The van der Waals surface area contributed by atoms with Gasteiger partial charge in [-0.25, -0.2) is 0 Å². The quantitative estimate of drug-likeness (QED) is 0.227. The van der Waals surface area contributed by atoms with Crippen LogP contribution in [0.3, 0.4) is 0 Å². The van der Waals surface area contributed by atoms with Gasteiger partial charge in [0.25, 0.3) is 0 Å². The van der Waals surface area contributed by atoms with Gasteiger partial charge in [-0.2, -0.15) is 12.6 Å². The summed E-state index contributed by atoms with van der Waals surface area (Å²) >= 11 is 3.85. The molecule has 0 aromatic heterocycles. The van der Waals surface area contributed by atoms with Crippen molar-refractivity contribution in [1.82, 2.24) is 10.6 Å². The predicted molar refractivity (Wildman–Crippen MR) is 66.0 cm³/mol. The molecule has 2 amide bonds. The van der Waals surface area contributed by atoms with Gasteiger partial charge in [-0.15, -0.1) is 0 Å². The minimum Gasteiger partial charge on any atom is -0.548 e. The van der Waals surface area contributed by atoms with E-state index in [2.05, 4.69) is 17.9 Å². The van der Waals surface area contributed by atoms with Gasteiger partial charge in [-0.05, 0) is 6.42 Å². The first-order valence-corrected chi connectivity index (χ1v) is 6.25. The van der Waals surface area contributed by atoms with Crippen molar-refractivity contribution in [3.8, 4) is 0 Å². The monoisotopic (exact) mass is 383 g/mol. The number of nitrogens with two attached hydrogens (primary N) is 1. The molecule has 0 aromatic rings. The molecule has 22 heavy (non-hydrogen) atoms. The van der Waals surface area contributed by atoms with Crippen LogP contribution in [0, 0.1) is 0 Å². The van der Waals surface area contributed by atoms with E-state index >= 15 is 0 Å². The minimum atomic E-state index is -1.48. The van der Waals surface area contributed by atoms with E-state index in [0.29, 0.717) is 0 Å². The van der Waals surface area contributed by atoms with Gasteiger partial charge in [0.05, 0.1) is 18.5 Å². The molecule has 0 heterocycles. The van der Waals surface area contributed by atoms with E-state index in [1.54, 1.807) is 0 Å². The number of hydrogen-bond donors (Lipinski definition) is 4. The van der Waals surface area contributed by atoms with Gasteiger partial charge >= 0.3 is 103 Å². The van der Waals surface area contributed by atoms with Crippen LogP contribution in [0.4, 0.5) is 0 Å². The molecule has 0 spiro atoms. The molecule has 114 valence electrons. The number of thiol groups is 1. The maximum atomic E-state index is 11.5. The molecule has 4 N–H and O–H groups in total. The summed E-state index contributed by atoms with van der Waals surface area (Å²) in [7, 11) is 0. The second-order valence-corrected chi connectivity index (χ2v) is 4.22. The molecule has 0 aliphatic heterocycles. The minimum absolute atomic E-state index is 0. The average Bonchev–Trinajstić information content (AvgIpc) is 2.38. The topological polar surface area (TPSA) is 164 Å². The van der Waals surface area contributed by atoms with Gasteiger partial charge < -0.3 is 36.2 Å². The van der Waals surface area contributed by atoms with Crippen LogP contribution < -0.4 is 129 Å². The second-order valence-electron chi connectivity index (χ2n) is 3.86. The van der Waals surface area contributed by atoms with Crippen molar-refractivity contribution in [2.75, 3.05) is 12.3 Å². The molecule has 0 aliphatic rings. The normalized spacial score (nSPS) is 11.9. The van der Waals surface area contributed by atoms with Crippen LogP contribution in [0.5, 0.6) is 0 Å². The molecular formula is C10H15K2N3O6S. The molecule has 0 saturated carbocycles. The number of nitrogens with one attached hydrogen (secondary N) is 2. The third-order valence-corrected chi connectivity index (χ3v) is 2.59. The molecule has 0 aliphatic carbocycles. The maximum Gasteiger partial charge on any atom is 1.00 e. The van der Waals surface area contributed by atoms with Crippen LogP contribution in [-0.4, -0.2) is 48.1 Å². The Labute approximate surface area is 218 Å².